The molecule has 6 nitrogen and oxygen atoms in total. The Morgan fingerprint density at radius 3 is 2.49 bits per heavy atom. The van der Waals surface area contributed by atoms with E-state index >= 15 is 0 Å². The van der Waals surface area contributed by atoms with Gasteiger partial charge in [0.15, 0.2) is 5.75 Å². The number of aromatic nitrogens is 1. The number of amides is 1. The first kappa shape index (κ1) is 31.3. The third-order valence-corrected chi connectivity index (χ3v) is 8.26. The van der Waals surface area contributed by atoms with Crippen LogP contribution in [0.25, 0.3) is 10.9 Å². The number of esters is 1. The first-order valence-corrected chi connectivity index (χ1v) is 15.6. The number of fused-ring (bicyclic) bond motifs is 1. The number of benzene rings is 2. The number of rotatable bonds is 8. The lowest BCUT2D eigenvalue weighted by molar-refractivity contribution is -0.134. The SMILES string of the molecule is Cc1c(N2CC(C)CC(C)C2)nc2ccc(Br)cc2c1C(=O)Nc1ccc(Cl)cc1OC(=O)CCCCC(C)(C)C. The normalized spacial score (nSPS) is 17.5. The maximum Gasteiger partial charge on any atom is 0.311 e. The lowest BCUT2D eigenvalue weighted by Gasteiger charge is -2.37. The average molecular weight is 643 g/mol. The lowest BCUT2D eigenvalue weighted by atomic mass is 9.89. The number of hydrogen-bond donors (Lipinski definition) is 1. The zero-order chi connectivity index (χ0) is 29.9. The van der Waals surface area contributed by atoms with Crippen LogP contribution in [0.15, 0.2) is 40.9 Å². The summed E-state index contributed by atoms with van der Waals surface area (Å²) in [5.41, 5.74) is 2.74. The van der Waals surface area contributed by atoms with Gasteiger partial charge in [-0.2, -0.15) is 0 Å². The molecule has 0 radical (unpaired) electrons. The van der Waals surface area contributed by atoms with Gasteiger partial charge in [0.05, 0.1) is 16.8 Å². The highest BCUT2D eigenvalue weighted by Gasteiger charge is 2.27. The van der Waals surface area contributed by atoms with Gasteiger partial charge < -0.3 is 15.0 Å². The van der Waals surface area contributed by atoms with Gasteiger partial charge in [-0.05, 0) is 73.8 Å². The van der Waals surface area contributed by atoms with Crippen LogP contribution in [-0.2, 0) is 4.79 Å². The van der Waals surface area contributed by atoms with Gasteiger partial charge in [-0.25, -0.2) is 4.98 Å². The Balaban J connectivity index is 1.63. The first-order valence-electron chi connectivity index (χ1n) is 14.5. The summed E-state index contributed by atoms with van der Waals surface area (Å²) in [6.07, 6.45) is 4.20. The van der Waals surface area contributed by atoms with Crippen molar-refractivity contribution in [3.63, 3.8) is 0 Å². The van der Waals surface area contributed by atoms with Crippen molar-refractivity contribution in [3.05, 3.63) is 57.0 Å². The predicted octanol–water partition coefficient (Wildman–Crippen LogP) is 9.21. The quantitative estimate of drug-likeness (QED) is 0.151. The molecule has 2 heterocycles. The topological polar surface area (TPSA) is 71.5 Å². The van der Waals surface area contributed by atoms with Crippen LogP contribution >= 0.6 is 27.5 Å². The number of hydrogen-bond acceptors (Lipinski definition) is 5. The number of ether oxygens (including phenoxy) is 1. The molecule has 2 aromatic carbocycles. The molecule has 0 bridgehead atoms. The lowest BCUT2D eigenvalue weighted by Crippen LogP contribution is -2.39. The standard InChI is InChI=1S/C33H41BrClN3O3/c1-20-15-21(2)19-38(18-20)31-22(3)30(25-16-23(34)10-12-26(25)36-31)32(40)37-27-13-11-24(35)17-28(27)41-29(39)9-7-8-14-33(4,5)6/h10-13,16-17,20-21H,7-9,14-15,18-19H2,1-6H3,(H,37,40). The Labute approximate surface area is 257 Å². The van der Waals surface area contributed by atoms with Crippen molar-refractivity contribution in [2.45, 2.75) is 73.6 Å². The number of nitrogens with zero attached hydrogens (tertiary/aromatic N) is 2. The second-order valence-corrected chi connectivity index (χ2v) is 14.1. The molecular formula is C33H41BrClN3O3. The van der Waals surface area contributed by atoms with E-state index in [1.54, 1.807) is 18.2 Å². The Hall–Kier alpha value is -2.64. The van der Waals surface area contributed by atoms with Gasteiger partial charge in [0.25, 0.3) is 5.91 Å². The number of carbonyl (C=O) groups excluding carboxylic acids is 2. The molecule has 0 aliphatic carbocycles. The average Bonchev–Trinajstić information content (AvgIpc) is 2.86. The molecule has 220 valence electrons. The third-order valence-electron chi connectivity index (χ3n) is 7.53. The molecule has 1 saturated heterocycles. The molecule has 41 heavy (non-hydrogen) atoms. The highest BCUT2D eigenvalue weighted by molar-refractivity contribution is 9.10. The van der Waals surface area contributed by atoms with Crippen molar-refractivity contribution in [3.8, 4) is 5.75 Å². The van der Waals surface area contributed by atoms with Gasteiger partial charge in [0.2, 0.25) is 0 Å². The fraction of sp³-hybridized carbons (Fsp3) is 0.485. The molecule has 0 saturated carbocycles. The van der Waals surface area contributed by atoms with Gasteiger partial charge in [-0.3, -0.25) is 9.59 Å². The molecule has 8 heteroatoms. The number of pyridine rings is 1. The van der Waals surface area contributed by atoms with Crippen LogP contribution in [0.2, 0.25) is 5.02 Å². The van der Waals surface area contributed by atoms with Crippen molar-refractivity contribution in [1.29, 1.82) is 0 Å². The summed E-state index contributed by atoms with van der Waals surface area (Å²) >= 11 is 9.82. The van der Waals surface area contributed by atoms with Crippen molar-refractivity contribution in [1.82, 2.24) is 4.98 Å². The van der Waals surface area contributed by atoms with Crippen LogP contribution < -0.4 is 15.0 Å². The maximum absolute atomic E-state index is 14.0. The molecule has 1 fully saturated rings. The summed E-state index contributed by atoms with van der Waals surface area (Å²) in [4.78, 5) is 34.0. The van der Waals surface area contributed by atoms with Gasteiger partial charge >= 0.3 is 5.97 Å². The summed E-state index contributed by atoms with van der Waals surface area (Å²) in [6.45, 7) is 14.8. The van der Waals surface area contributed by atoms with E-state index in [2.05, 4.69) is 60.8 Å². The zero-order valence-corrected chi connectivity index (χ0v) is 27.3. The Kier molecular flexibility index (Phi) is 10.0. The fourth-order valence-corrected chi connectivity index (χ4v) is 6.24. The highest BCUT2D eigenvalue weighted by Crippen LogP contribution is 2.35. The van der Waals surface area contributed by atoms with E-state index < -0.39 is 0 Å². The van der Waals surface area contributed by atoms with Gasteiger partial charge in [-0.15, -0.1) is 0 Å². The monoisotopic (exact) mass is 641 g/mol. The van der Waals surface area contributed by atoms with Crippen LogP contribution in [0.5, 0.6) is 5.75 Å². The van der Waals surface area contributed by atoms with Crippen molar-refractivity contribution < 1.29 is 14.3 Å². The number of anilines is 2. The van der Waals surface area contributed by atoms with Gasteiger partial charge in [-0.1, -0.05) is 68.6 Å². The second kappa shape index (κ2) is 13.1. The number of carbonyl (C=O) groups is 2. The van der Waals surface area contributed by atoms with Crippen LogP contribution in [0.1, 0.15) is 82.6 Å². The number of unbranched alkanes of at least 4 members (excludes halogenated alkanes) is 1. The molecule has 2 unspecified atom stereocenters. The minimum atomic E-state index is -0.346. The van der Waals surface area contributed by atoms with Gasteiger partial charge in [0, 0.05) is 46.0 Å². The summed E-state index contributed by atoms with van der Waals surface area (Å²) in [6, 6.07) is 10.7. The summed E-state index contributed by atoms with van der Waals surface area (Å²) < 4.78 is 6.57. The van der Waals surface area contributed by atoms with E-state index in [1.165, 1.54) is 6.42 Å². The Bertz CT molecular complexity index is 1430. The molecule has 3 aromatic rings. The second-order valence-electron chi connectivity index (χ2n) is 12.8. The molecular weight excluding hydrogens is 602 g/mol. The molecule has 2 atom stereocenters. The third kappa shape index (κ3) is 8.23. The molecule has 1 aliphatic rings. The smallest absolute Gasteiger partial charge is 0.311 e. The zero-order valence-electron chi connectivity index (χ0n) is 24.9. The van der Waals surface area contributed by atoms with E-state index in [4.69, 9.17) is 21.3 Å². The first-order chi connectivity index (χ1) is 19.3. The van der Waals surface area contributed by atoms with E-state index in [-0.39, 0.29) is 23.0 Å². The van der Waals surface area contributed by atoms with E-state index in [0.717, 1.165) is 59.1 Å². The summed E-state index contributed by atoms with van der Waals surface area (Å²) in [5.74, 6) is 1.51. The minimum Gasteiger partial charge on any atom is -0.424 e. The maximum atomic E-state index is 14.0. The van der Waals surface area contributed by atoms with Crippen LogP contribution in [0.3, 0.4) is 0 Å². The minimum absolute atomic E-state index is 0.226. The fourth-order valence-electron chi connectivity index (χ4n) is 5.72. The van der Waals surface area contributed by atoms with E-state index in [9.17, 15) is 9.59 Å². The Morgan fingerprint density at radius 2 is 1.80 bits per heavy atom. The van der Waals surface area contributed by atoms with Crippen molar-refractivity contribution in [2.75, 3.05) is 23.3 Å². The van der Waals surface area contributed by atoms with Crippen molar-refractivity contribution >= 4 is 61.8 Å². The molecule has 1 aliphatic heterocycles. The largest absolute Gasteiger partial charge is 0.424 e. The van der Waals surface area contributed by atoms with E-state index in [0.29, 0.717) is 34.5 Å². The van der Waals surface area contributed by atoms with Crippen LogP contribution in [-0.4, -0.2) is 29.9 Å². The molecule has 4 rings (SSSR count). The number of nitrogens with one attached hydrogen (secondary N) is 1. The highest BCUT2D eigenvalue weighted by atomic mass is 79.9. The molecule has 1 aromatic heterocycles. The summed E-state index contributed by atoms with van der Waals surface area (Å²) in [7, 11) is 0. The van der Waals surface area contributed by atoms with Crippen LogP contribution in [0, 0.1) is 24.2 Å². The molecule has 1 amide bonds. The predicted molar refractivity (Wildman–Crippen MR) is 172 cm³/mol. The summed E-state index contributed by atoms with van der Waals surface area (Å²) in [5, 5.41) is 4.18. The van der Waals surface area contributed by atoms with Crippen LogP contribution in [0.4, 0.5) is 11.5 Å². The number of piperidine rings is 1. The van der Waals surface area contributed by atoms with E-state index in [1.807, 2.05) is 25.1 Å². The molecule has 1 N–H and O–H groups in total. The number of halogens is 2. The van der Waals surface area contributed by atoms with Gasteiger partial charge in [0.1, 0.15) is 5.82 Å². The van der Waals surface area contributed by atoms with Crippen molar-refractivity contribution in [2.24, 2.45) is 17.3 Å². The molecule has 0 spiro atoms. The Morgan fingerprint density at radius 1 is 1.10 bits per heavy atom.